The Bertz CT molecular complexity index is 1400. The number of aryl methyl sites for hydroxylation is 1. The van der Waals surface area contributed by atoms with Crippen molar-refractivity contribution in [1.82, 2.24) is 10.2 Å². The summed E-state index contributed by atoms with van der Waals surface area (Å²) < 4.78 is 47.0. The van der Waals surface area contributed by atoms with Gasteiger partial charge in [0.15, 0.2) is 0 Å². The fourth-order valence-corrected chi connectivity index (χ4v) is 5.09. The summed E-state index contributed by atoms with van der Waals surface area (Å²) in [4.78, 5) is 28.6. The van der Waals surface area contributed by atoms with Crippen molar-refractivity contribution < 1.29 is 27.1 Å². The van der Waals surface area contributed by atoms with Crippen LogP contribution in [0.4, 0.5) is 10.1 Å². The fraction of sp³-hybridized carbons (Fsp3) is 0.310. The number of sulfonamides is 1. The predicted molar refractivity (Wildman–Crippen MR) is 149 cm³/mol. The van der Waals surface area contributed by atoms with E-state index in [9.17, 15) is 22.4 Å². The zero-order valence-electron chi connectivity index (χ0n) is 22.6. The molecule has 0 saturated heterocycles. The summed E-state index contributed by atoms with van der Waals surface area (Å²) in [6.07, 6.45) is 1.15. The van der Waals surface area contributed by atoms with E-state index in [4.69, 9.17) is 4.74 Å². The maximum atomic E-state index is 14.8. The second-order valence-electron chi connectivity index (χ2n) is 9.16. The summed E-state index contributed by atoms with van der Waals surface area (Å²) >= 11 is 0. The highest BCUT2D eigenvalue weighted by atomic mass is 32.2. The maximum Gasteiger partial charge on any atom is 0.244 e. The molecule has 10 heteroatoms. The molecule has 0 spiro atoms. The monoisotopic (exact) mass is 555 g/mol. The Labute approximate surface area is 229 Å². The number of carbonyl (C=O) groups is 2. The van der Waals surface area contributed by atoms with Crippen LogP contribution in [0.2, 0.25) is 0 Å². The van der Waals surface area contributed by atoms with E-state index in [2.05, 4.69) is 5.32 Å². The molecule has 0 saturated carbocycles. The van der Waals surface area contributed by atoms with Crippen molar-refractivity contribution in [2.75, 3.05) is 30.8 Å². The lowest BCUT2D eigenvalue weighted by molar-refractivity contribution is -0.140. The van der Waals surface area contributed by atoms with Crippen molar-refractivity contribution in [3.8, 4) is 5.75 Å². The second-order valence-corrected chi connectivity index (χ2v) is 11.1. The highest BCUT2D eigenvalue weighted by molar-refractivity contribution is 7.92. The van der Waals surface area contributed by atoms with Crippen LogP contribution in [0.3, 0.4) is 0 Å². The first kappa shape index (κ1) is 29.6. The molecule has 8 nitrogen and oxygen atoms in total. The van der Waals surface area contributed by atoms with E-state index in [1.54, 1.807) is 38.1 Å². The number of carbonyl (C=O) groups excluding carboxylic acids is 2. The second kappa shape index (κ2) is 13.2. The Morgan fingerprint density at radius 3 is 2.31 bits per heavy atom. The Morgan fingerprint density at radius 1 is 1.03 bits per heavy atom. The summed E-state index contributed by atoms with van der Waals surface area (Å²) in [5, 5.41) is 2.76. The van der Waals surface area contributed by atoms with Gasteiger partial charge < -0.3 is 15.0 Å². The summed E-state index contributed by atoms with van der Waals surface area (Å²) in [6.45, 7) is 3.03. The standard InChI is InChI=1S/C29H34FN3O5S/c1-5-31-29(35)26(18-22-11-7-6-8-12-22)32(19-23-13-9-10-14-24(23)30)28(34)20-33(39(4,36)37)25-17-21(2)15-16-27(25)38-3/h6-17,26H,5,18-20H2,1-4H3,(H,31,35). The van der Waals surface area contributed by atoms with Gasteiger partial charge in [-0.15, -0.1) is 0 Å². The van der Waals surface area contributed by atoms with Gasteiger partial charge in [0.25, 0.3) is 0 Å². The Kier molecular flexibility index (Phi) is 10.1. The van der Waals surface area contributed by atoms with E-state index < -0.39 is 40.2 Å². The molecule has 3 aromatic carbocycles. The van der Waals surface area contributed by atoms with Crippen LogP contribution in [0.1, 0.15) is 23.6 Å². The number of hydrogen-bond donors (Lipinski definition) is 1. The number of methoxy groups -OCH3 is 1. The number of benzene rings is 3. The maximum absolute atomic E-state index is 14.8. The molecule has 2 amide bonds. The average Bonchev–Trinajstić information content (AvgIpc) is 2.90. The molecule has 3 rings (SSSR count). The van der Waals surface area contributed by atoms with E-state index in [-0.39, 0.29) is 30.0 Å². The van der Waals surface area contributed by atoms with Crippen LogP contribution in [-0.2, 0) is 32.6 Å². The van der Waals surface area contributed by atoms with E-state index in [0.717, 1.165) is 21.7 Å². The number of nitrogens with zero attached hydrogens (tertiary/aromatic N) is 2. The van der Waals surface area contributed by atoms with Gasteiger partial charge in [0.2, 0.25) is 21.8 Å². The quantitative estimate of drug-likeness (QED) is 0.368. The van der Waals surface area contributed by atoms with Gasteiger partial charge in [0.1, 0.15) is 24.2 Å². The van der Waals surface area contributed by atoms with Crippen molar-refractivity contribution in [2.45, 2.75) is 32.9 Å². The molecule has 0 aliphatic rings. The van der Waals surface area contributed by atoms with Gasteiger partial charge in [-0.2, -0.15) is 0 Å². The van der Waals surface area contributed by atoms with Gasteiger partial charge in [0.05, 0.1) is 19.1 Å². The lowest BCUT2D eigenvalue weighted by atomic mass is 10.0. The molecule has 0 aromatic heterocycles. The van der Waals surface area contributed by atoms with E-state index in [0.29, 0.717) is 6.54 Å². The number of nitrogens with one attached hydrogen (secondary N) is 1. The minimum Gasteiger partial charge on any atom is -0.495 e. The predicted octanol–water partition coefficient (Wildman–Crippen LogP) is 3.68. The minimum atomic E-state index is -3.96. The van der Waals surface area contributed by atoms with Crippen molar-refractivity contribution in [2.24, 2.45) is 0 Å². The summed E-state index contributed by atoms with van der Waals surface area (Å²) in [7, 11) is -2.55. The summed E-state index contributed by atoms with van der Waals surface area (Å²) in [5.41, 5.74) is 1.95. The number of amides is 2. The van der Waals surface area contributed by atoms with Crippen LogP contribution < -0.4 is 14.4 Å². The molecule has 0 aliphatic heterocycles. The molecule has 0 heterocycles. The number of halogens is 1. The Morgan fingerprint density at radius 2 is 1.69 bits per heavy atom. The third-order valence-corrected chi connectivity index (χ3v) is 7.33. The molecule has 0 bridgehead atoms. The number of likely N-dealkylation sites (N-methyl/N-ethyl adjacent to an activating group) is 1. The average molecular weight is 556 g/mol. The molecule has 0 fully saturated rings. The first-order chi connectivity index (χ1) is 18.5. The molecule has 0 radical (unpaired) electrons. The smallest absolute Gasteiger partial charge is 0.244 e. The highest BCUT2D eigenvalue weighted by Crippen LogP contribution is 2.31. The first-order valence-electron chi connectivity index (χ1n) is 12.5. The van der Waals surface area contributed by atoms with Gasteiger partial charge >= 0.3 is 0 Å². The van der Waals surface area contributed by atoms with Gasteiger partial charge in [-0.1, -0.05) is 54.6 Å². The van der Waals surface area contributed by atoms with Crippen molar-refractivity contribution in [3.05, 3.63) is 95.3 Å². The third-order valence-electron chi connectivity index (χ3n) is 6.20. The van der Waals surface area contributed by atoms with Crippen LogP contribution in [0.15, 0.2) is 72.8 Å². The minimum absolute atomic E-state index is 0.152. The van der Waals surface area contributed by atoms with E-state index >= 15 is 0 Å². The largest absolute Gasteiger partial charge is 0.495 e. The molecule has 3 aromatic rings. The Hall–Kier alpha value is -3.92. The van der Waals surface area contributed by atoms with Gasteiger partial charge in [-0.25, -0.2) is 12.8 Å². The number of rotatable bonds is 12. The topological polar surface area (TPSA) is 96.0 Å². The van der Waals surface area contributed by atoms with Crippen LogP contribution in [0.25, 0.3) is 0 Å². The van der Waals surface area contributed by atoms with Gasteiger partial charge in [-0.05, 0) is 43.2 Å². The fourth-order valence-electron chi connectivity index (χ4n) is 4.25. The number of ether oxygens (including phenoxy) is 1. The highest BCUT2D eigenvalue weighted by Gasteiger charge is 2.34. The molecular formula is C29H34FN3O5S. The summed E-state index contributed by atoms with van der Waals surface area (Å²) in [5.74, 6) is -1.36. The van der Waals surface area contributed by atoms with Gasteiger partial charge in [0, 0.05) is 25.1 Å². The van der Waals surface area contributed by atoms with Crippen molar-refractivity contribution in [3.63, 3.8) is 0 Å². The Balaban J connectivity index is 2.09. The number of hydrogen-bond acceptors (Lipinski definition) is 5. The SMILES string of the molecule is CCNC(=O)C(Cc1ccccc1)N(Cc1ccccc1F)C(=O)CN(c1cc(C)ccc1OC)S(C)(=O)=O. The zero-order valence-corrected chi connectivity index (χ0v) is 23.4. The normalized spacial score (nSPS) is 11.9. The molecule has 39 heavy (non-hydrogen) atoms. The molecule has 208 valence electrons. The lowest BCUT2D eigenvalue weighted by Crippen LogP contribution is -2.53. The van der Waals surface area contributed by atoms with E-state index in [1.165, 1.54) is 30.2 Å². The van der Waals surface area contributed by atoms with Crippen LogP contribution in [0.5, 0.6) is 5.75 Å². The zero-order chi connectivity index (χ0) is 28.6. The molecule has 1 atom stereocenters. The molecule has 1 N–H and O–H groups in total. The summed E-state index contributed by atoms with van der Waals surface area (Å²) in [6, 6.07) is 19.1. The van der Waals surface area contributed by atoms with Crippen molar-refractivity contribution in [1.29, 1.82) is 0 Å². The van der Waals surface area contributed by atoms with E-state index in [1.807, 2.05) is 30.3 Å². The molecule has 1 unspecified atom stereocenters. The van der Waals surface area contributed by atoms with Crippen LogP contribution in [-0.4, -0.2) is 57.6 Å². The van der Waals surface area contributed by atoms with Crippen LogP contribution >= 0.6 is 0 Å². The van der Waals surface area contributed by atoms with Gasteiger partial charge in [-0.3, -0.25) is 13.9 Å². The van der Waals surface area contributed by atoms with Crippen LogP contribution in [0, 0.1) is 12.7 Å². The molecular weight excluding hydrogens is 521 g/mol. The first-order valence-corrected chi connectivity index (χ1v) is 14.4. The lowest BCUT2D eigenvalue weighted by Gasteiger charge is -2.33. The van der Waals surface area contributed by atoms with Crippen molar-refractivity contribution >= 4 is 27.5 Å². The number of anilines is 1. The molecule has 0 aliphatic carbocycles. The third kappa shape index (κ3) is 7.79.